The van der Waals surface area contributed by atoms with Crippen LogP contribution in [0.3, 0.4) is 0 Å². The van der Waals surface area contributed by atoms with Crippen molar-refractivity contribution < 1.29 is 35.6 Å². The van der Waals surface area contributed by atoms with Crippen LogP contribution in [0.2, 0.25) is 0 Å². The van der Waals surface area contributed by atoms with Crippen molar-refractivity contribution in [1.29, 1.82) is 0 Å². The minimum atomic E-state index is -6.11. The summed E-state index contributed by atoms with van der Waals surface area (Å²) in [6, 6.07) is 1.23. The third-order valence-corrected chi connectivity index (χ3v) is 2.80. The van der Waals surface area contributed by atoms with Crippen molar-refractivity contribution in [2.45, 2.75) is 5.51 Å². The lowest BCUT2D eigenvalue weighted by Crippen LogP contribution is -2.28. The Hall–Kier alpha value is -2.44. The third kappa shape index (κ3) is 3.11. The maximum atomic E-state index is 12.1. The van der Waals surface area contributed by atoms with Crippen LogP contribution in [0.1, 0.15) is 0 Å². The number of rotatable bonds is 4. The smallest absolute Gasteiger partial charge is 0.369 e. The predicted molar refractivity (Wildman–Crippen MR) is 55.4 cm³/mol. The highest BCUT2D eigenvalue weighted by Crippen LogP contribution is 2.35. The molecule has 110 valence electrons. The molecule has 1 rings (SSSR count). The van der Waals surface area contributed by atoms with Crippen molar-refractivity contribution in [2.75, 3.05) is 0 Å². The van der Waals surface area contributed by atoms with Crippen molar-refractivity contribution in [3.05, 3.63) is 38.4 Å². The van der Waals surface area contributed by atoms with Gasteiger partial charge in [0.2, 0.25) is 5.75 Å². The summed E-state index contributed by atoms with van der Waals surface area (Å²) in [6.45, 7) is 0. The lowest BCUT2D eigenvalue weighted by Gasteiger charge is -2.09. The first-order valence-corrected chi connectivity index (χ1v) is 5.80. The van der Waals surface area contributed by atoms with Crippen molar-refractivity contribution in [1.82, 2.24) is 0 Å². The van der Waals surface area contributed by atoms with E-state index >= 15 is 0 Å². The van der Waals surface area contributed by atoms with Gasteiger partial charge in [-0.3, -0.25) is 20.2 Å². The zero-order chi connectivity index (χ0) is 15.7. The molecule has 13 heteroatoms. The van der Waals surface area contributed by atoms with E-state index in [4.69, 9.17) is 0 Å². The van der Waals surface area contributed by atoms with E-state index in [0.717, 1.165) is 0 Å². The van der Waals surface area contributed by atoms with E-state index in [1.165, 1.54) is 0 Å². The molecule has 1 aromatic carbocycles. The molecule has 0 atom stereocenters. The van der Waals surface area contributed by atoms with Crippen molar-refractivity contribution >= 4 is 21.5 Å². The number of nitro benzene ring substituents is 2. The Morgan fingerprint density at radius 2 is 1.65 bits per heavy atom. The highest BCUT2D eigenvalue weighted by molar-refractivity contribution is 7.88. The van der Waals surface area contributed by atoms with Crippen LogP contribution in [0, 0.1) is 20.2 Å². The summed E-state index contributed by atoms with van der Waals surface area (Å²) in [5.74, 6) is -1.28. The second kappa shape index (κ2) is 4.92. The molecule has 0 aliphatic rings. The molecule has 0 saturated carbocycles. The van der Waals surface area contributed by atoms with E-state index in [9.17, 15) is 41.8 Å². The van der Waals surface area contributed by atoms with Gasteiger partial charge in [-0.05, 0) is 6.07 Å². The van der Waals surface area contributed by atoms with E-state index in [1.807, 2.05) is 0 Å². The Balaban J connectivity index is 3.34. The summed E-state index contributed by atoms with van der Waals surface area (Å²) >= 11 is 0. The number of non-ortho nitro benzene ring substituents is 1. The first-order chi connectivity index (χ1) is 8.95. The number of nitrogens with zero attached hydrogens (tertiary/aromatic N) is 2. The fourth-order valence-corrected chi connectivity index (χ4v) is 1.47. The first-order valence-electron chi connectivity index (χ1n) is 4.39. The van der Waals surface area contributed by atoms with E-state index in [2.05, 4.69) is 4.18 Å². The summed E-state index contributed by atoms with van der Waals surface area (Å²) in [7, 11) is -6.11. The number of alkyl halides is 3. The van der Waals surface area contributed by atoms with E-state index in [1.54, 1.807) is 0 Å². The minimum absolute atomic E-state index is 0.279. The van der Waals surface area contributed by atoms with Crippen LogP contribution in [0.4, 0.5) is 24.5 Å². The summed E-state index contributed by atoms with van der Waals surface area (Å²) in [4.78, 5) is 18.6. The highest BCUT2D eigenvalue weighted by atomic mass is 32.2. The zero-order valence-electron chi connectivity index (χ0n) is 9.03. The third-order valence-electron chi connectivity index (χ3n) is 1.83. The monoisotopic (exact) mass is 316 g/mol. The topological polar surface area (TPSA) is 130 Å². The van der Waals surface area contributed by atoms with Gasteiger partial charge in [0, 0.05) is 6.07 Å². The van der Waals surface area contributed by atoms with Gasteiger partial charge in [0.25, 0.3) is 5.69 Å². The molecule has 0 spiro atoms. The average Bonchev–Trinajstić information content (AvgIpc) is 2.26. The fraction of sp³-hybridized carbons (Fsp3) is 0.143. The molecule has 0 aromatic heterocycles. The Morgan fingerprint density at radius 3 is 2.05 bits per heavy atom. The maximum Gasteiger partial charge on any atom is 0.534 e. The lowest BCUT2D eigenvalue weighted by molar-refractivity contribution is -0.394. The molecule has 0 aliphatic heterocycles. The van der Waals surface area contributed by atoms with Gasteiger partial charge in [-0.2, -0.15) is 21.6 Å². The van der Waals surface area contributed by atoms with Gasteiger partial charge in [0.05, 0.1) is 15.9 Å². The molecule has 9 nitrogen and oxygen atoms in total. The molecule has 0 radical (unpaired) electrons. The van der Waals surface area contributed by atoms with Crippen LogP contribution >= 0.6 is 0 Å². The summed E-state index contributed by atoms with van der Waals surface area (Å²) in [5.41, 5.74) is -7.89. The molecule has 0 unspecified atom stereocenters. The number of nitro groups is 2. The van der Waals surface area contributed by atoms with E-state index < -0.39 is 42.6 Å². The van der Waals surface area contributed by atoms with E-state index in [-0.39, 0.29) is 6.07 Å². The number of hydrogen-bond acceptors (Lipinski definition) is 7. The average molecular weight is 316 g/mol. The lowest BCUT2D eigenvalue weighted by atomic mass is 10.2. The molecule has 1 aromatic rings. The van der Waals surface area contributed by atoms with Crippen molar-refractivity contribution in [3.63, 3.8) is 0 Å². The molecule has 0 heterocycles. The molecular weight excluding hydrogens is 313 g/mol. The Labute approximate surface area is 108 Å². The van der Waals surface area contributed by atoms with Crippen molar-refractivity contribution in [3.8, 4) is 5.75 Å². The second-order valence-electron chi connectivity index (χ2n) is 3.15. The molecular formula is C7H3F3N2O7S. The van der Waals surface area contributed by atoms with Crippen LogP contribution in [-0.2, 0) is 10.1 Å². The van der Waals surface area contributed by atoms with Crippen molar-refractivity contribution in [2.24, 2.45) is 0 Å². The highest BCUT2D eigenvalue weighted by Gasteiger charge is 2.49. The molecule has 0 saturated heterocycles. The maximum absolute atomic E-state index is 12.1. The summed E-state index contributed by atoms with van der Waals surface area (Å²) < 4.78 is 61.2. The summed E-state index contributed by atoms with van der Waals surface area (Å²) in [5, 5.41) is 20.9. The van der Waals surface area contributed by atoms with Gasteiger partial charge < -0.3 is 4.18 Å². The van der Waals surface area contributed by atoms with Crippen LogP contribution in [-0.4, -0.2) is 23.8 Å². The fourth-order valence-electron chi connectivity index (χ4n) is 0.998. The van der Waals surface area contributed by atoms with Crippen LogP contribution in [0.15, 0.2) is 18.2 Å². The van der Waals surface area contributed by atoms with Gasteiger partial charge in [-0.25, -0.2) is 0 Å². The Kier molecular flexibility index (Phi) is 3.84. The van der Waals surface area contributed by atoms with Gasteiger partial charge in [0.15, 0.2) is 0 Å². The quantitative estimate of drug-likeness (QED) is 0.358. The first kappa shape index (κ1) is 15.6. The minimum Gasteiger partial charge on any atom is -0.369 e. The molecule has 0 N–H and O–H groups in total. The summed E-state index contributed by atoms with van der Waals surface area (Å²) in [6.07, 6.45) is 0. The van der Waals surface area contributed by atoms with Crippen LogP contribution in [0.25, 0.3) is 0 Å². The zero-order valence-corrected chi connectivity index (χ0v) is 9.84. The molecule has 0 fully saturated rings. The molecule has 20 heavy (non-hydrogen) atoms. The van der Waals surface area contributed by atoms with Gasteiger partial charge in [-0.1, -0.05) is 0 Å². The Bertz CT molecular complexity index is 669. The predicted octanol–water partition coefficient (Wildman–Crippen LogP) is 1.73. The van der Waals surface area contributed by atoms with Gasteiger partial charge in [0.1, 0.15) is 0 Å². The van der Waals surface area contributed by atoms with Gasteiger partial charge in [-0.15, -0.1) is 0 Å². The largest absolute Gasteiger partial charge is 0.534 e. The number of benzene rings is 1. The molecule has 0 aliphatic carbocycles. The van der Waals surface area contributed by atoms with E-state index in [0.29, 0.717) is 12.1 Å². The second-order valence-corrected chi connectivity index (χ2v) is 4.69. The Morgan fingerprint density at radius 1 is 1.10 bits per heavy atom. The SMILES string of the molecule is O=[N+]([O-])c1ccc(OS(=O)(=O)C(F)(F)F)c([N+](=O)[O-])c1. The molecule has 0 bridgehead atoms. The number of halogens is 3. The standard InChI is InChI=1S/C7H3F3N2O7S/c8-7(9,10)20(17,18)19-6-2-1-4(11(13)14)3-5(6)12(15)16/h1-3H. The number of hydrogen-bond donors (Lipinski definition) is 0. The van der Waals surface area contributed by atoms with Gasteiger partial charge >= 0.3 is 21.3 Å². The molecule has 0 amide bonds. The van der Waals surface area contributed by atoms with Crippen LogP contribution < -0.4 is 4.18 Å². The van der Waals surface area contributed by atoms with Crippen LogP contribution in [0.5, 0.6) is 5.75 Å². The normalized spacial score (nSPS) is 11.9.